The molecular formula is C22H23ClFN3O5S. The van der Waals surface area contributed by atoms with Crippen molar-refractivity contribution in [2.75, 3.05) is 26.2 Å². The van der Waals surface area contributed by atoms with E-state index < -0.39 is 32.8 Å². The van der Waals surface area contributed by atoms with Crippen LogP contribution in [0, 0.1) is 5.82 Å². The van der Waals surface area contributed by atoms with Crippen molar-refractivity contribution >= 4 is 39.2 Å². The summed E-state index contributed by atoms with van der Waals surface area (Å²) in [4.78, 5) is 40.6. The largest absolute Gasteiger partial charge is 0.339 e. The van der Waals surface area contributed by atoms with Crippen LogP contribution in [0.3, 0.4) is 0 Å². The minimum Gasteiger partial charge on any atom is -0.339 e. The number of nitrogens with one attached hydrogen (secondary N) is 1. The first kappa shape index (κ1) is 24.7. The monoisotopic (exact) mass is 495 g/mol. The van der Waals surface area contributed by atoms with Crippen molar-refractivity contribution in [1.29, 1.82) is 0 Å². The van der Waals surface area contributed by atoms with Crippen LogP contribution in [-0.2, 0) is 19.4 Å². The van der Waals surface area contributed by atoms with Crippen molar-refractivity contribution in [3.8, 4) is 0 Å². The topological polar surface area (TPSA) is 104 Å². The number of carbonyl (C=O) groups is 3. The van der Waals surface area contributed by atoms with Crippen LogP contribution in [0.15, 0.2) is 53.4 Å². The molecule has 1 heterocycles. The molecule has 0 saturated carbocycles. The highest BCUT2D eigenvalue weighted by atomic mass is 35.5. The fraction of sp³-hybridized carbons (Fsp3) is 0.318. The molecule has 2 aromatic carbocycles. The second kappa shape index (κ2) is 10.3. The number of carbonyl (C=O) groups excluding carboxylic acids is 3. The van der Waals surface area contributed by atoms with E-state index >= 15 is 0 Å². The zero-order valence-corrected chi connectivity index (χ0v) is 19.4. The highest BCUT2D eigenvalue weighted by molar-refractivity contribution is 7.92. The van der Waals surface area contributed by atoms with Gasteiger partial charge in [0.25, 0.3) is 11.8 Å². The molecule has 0 aliphatic carbocycles. The molecule has 1 aliphatic rings. The zero-order valence-electron chi connectivity index (χ0n) is 17.8. The molecule has 1 saturated heterocycles. The van der Waals surface area contributed by atoms with E-state index in [1.54, 1.807) is 11.8 Å². The molecule has 0 radical (unpaired) electrons. The molecule has 8 nitrogen and oxygen atoms in total. The predicted octanol–water partition coefficient (Wildman–Crippen LogP) is 2.09. The van der Waals surface area contributed by atoms with E-state index in [1.807, 2.05) is 0 Å². The van der Waals surface area contributed by atoms with Crippen molar-refractivity contribution in [1.82, 2.24) is 15.1 Å². The molecule has 0 spiro atoms. The standard InChI is InChI=1S/C22H23ClFN3O5S/c1-2-19(28)26-11-13-27(14-12-26)22(30)21(25-20(29)15-3-7-17(24)8-4-15)33(31,32)18-9-5-16(23)6-10-18/h3-10,21H,2,11-14H2,1H3,(H,25,29)/t21-/m1/s1. The Kier molecular flexibility index (Phi) is 7.70. The average Bonchev–Trinajstić information content (AvgIpc) is 2.82. The van der Waals surface area contributed by atoms with E-state index in [1.165, 1.54) is 41.3 Å². The summed E-state index contributed by atoms with van der Waals surface area (Å²) in [6.45, 7) is 2.52. The number of sulfone groups is 1. The van der Waals surface area contributed by atoms with Gasteiger partial charge in [0.15, 0.2) is 0 Å². The van der Waals surface area contributed by atoms with Crippen LogP contribution in [0.4, 0.5) is 4.39 Å². The van der Waals surface area contributed by atoms with E-state index in [0.29, 0.717) is 11.4 Å². The number of hydrogen-bond acceptors (Lipinski definition) is 5. The number of rotatable bonds is 6. The highest BCUT2D eigenvalue weighted by Gasteiger charge is 2.39. The lowest BCUT2D eigenvalue weighted by Gasteiger charge is -2.36. The molecule has 33 heavy (non-hydrogen) atoms. The van der Waals surface area contributed by atoms with Crippen LogP contribution in [0.5, 0.6) is 0 Å². The third-order valence-corrected chi connectivity index (χ3v) is 7.41. The number of nitrogens with zero attached hydrogens (tertiary/aromatic N) is 2. The Hall–Kier alpha value is -2.98. The van der Waals surface area contributed by atoms with Crippen LogP contribution < -0.4 is 5.32 Å². The molecule has 0 bridgehead atoms. The number of piperazine rings is 1. The van der Waals surface area contributed by atoms with Crippen molar-refractivity contribution in [2.24, 2.45) is 0 Å². The van der Waals surface area contributed by atoms with Gasteiger partial charge in [0.05, 0.1) is 4.90 Å². The second-order valence-electron chi connectivity index (χ2n) is 7.42. The first-order chi connectivity index (χ1) is 15.6. The molecule has 3 amide bonds. The number of hydrogen-bond donors (Lipinski definition) is 1. The van der Waals surface area contributed by atoms with Gasteiger partial charge in [0.1, 0.15) is 5.82 Å². The van der Waals surface area contributed by atoms with E-state index in [4.69, 9.17) is 11.6 Å². The molecule has 1 aliphatic heterocycles. The van der Waals surface area contributed by atoms with Crippen LogP contribution in [0.2, 0.25) is 5.02 Å². The molecular weight excluding hydrogens is 473 g/mol. The summed E-state index contributed by atoms with van der Waals surface area (Å²) in [7, 11) is -4.35. The maximum atomic E-state index is 13.3. The first-order valence-electron chi connectivity index (χ1n) is 10.3. The third-order valence-electron chi connectivity index (χ3n) is 5.29. The lowest BCUT2D eigenvalue weighted by Crippen LogP contribution is -2.57. The van der Waals surface area contributed by atoms with Crippen LogP contribution in [0.25, 0.3) is 0 Å². The molecule has 11 heteroatoms. The Bertz CT molecular complexity index is 1130. The lowest BCUT2D eigenvalue weighted by molar-refractivity contribution is -0.139. The van der Waals surface area contributed by atoms with Gasteiger partial charge in [0.2, 0.25) is 21.1 Å². The van der Waals surface area contributed by atoms with Crippen LogP contribution in [0.1, 0.15) is 23.7 Å². The van der Waals surface area contributed by atoms with Crippen LogP contribution >= 0.6 is 11.6 Å². The van der Waals surface area contributed by atoms with E-state index in [-0.39, 0.29) is 42.5 Å². The summed E-state index contributed by atoms with van der Waals surface area (Å²) in [6, 6.07) is 9.73. The van der Waals surface area contributed by atoms with Crippen LogP contribution in [-0.4, -0.2) is 67.5 Å². The number of halogens is 2. The summed E-state index contributed by atoms with van der Waals surface area (Å²) < 4.78 is 39.9. The predicted molar refractivity (Wildman–Crippen MR) is 120 cm³/mol. The van der Waals surface area contributed by atoms with Gasteiger partial charge in [0, 0.05) is 43.2 Å². The van der Waals surface area contributed by atoms with E-state index in [0.717, 1.165) is 12.1 Å². The molecule has 176 valence electrons. The zero-order chi connectivity index (χ0) is 24.2. The summed E-state index contributed by atoms with van der Waals surface area (Å²) in [5, 5.41) is 0.691. The van der Waals surface area contributed by atoms with Gasteiger partial charge in [-0.25, -0.2) is 12.8 Å². The maximum absolute atomic E-state index is 13.3. The maximum Gasteiger partial charge on any atom is 0.261 e. The first-order valence-corrected chi connectivity index (χ1v) is 12.2. The van der Waals surface area contributed by atoms with E-state index in [2.05, 4.69) is 5.32 Å². The van der Waals surface area contributed by atoms with Gasteiger partial charge in [-0.15, -0.1) is 0 Å². The van der Waals surface area contributed by atoms with Crippen molar-refractivity contribution in [3.05, 3.63) is 64.9 Å². The summed E-state index contributed by atoms with van der Waals surface area (Å²) >= 11 is 5.85. The smallest absolute Gasteiger partial charge is 0.261 e. The van der Waals surface area contributed by atoms with Gasteiger partial charge < -0.3 is 15.1 Å². The molecule has 3 rings (SSSR count). The third kappa shape index (κ3) is 5.69. The lowest BCUT2D eigenvalue weighted by atomic mass is 10.2. The van der Waals surface area contributed by atoms with Gasteiger partial charge in [-0.05, 0) is 48.5 Å². The van der Waals surface area contributed by atoms with Gasteiger partial charge in [-0.3, -0.25) is 14.4 Å². The second-order valence-corrected chi connectivity index (χ2v) is 9.89. The molecule has 2 aromatic rings. The minimum atomic E-state index is -4.35. The van der Waals surface area contributed by atoms with Gasteiger partial charge >= 0.3 is 0 Å². The Morgan fingerprint density at radius 3 is 2.06 bits per heavy atom. The Morgan fingerprint density at radius 1 is 0.970 bits per heavy atom. The fourth-order valence-electron chi connectivity index (χ4n) is 3.40. The van der Waals surface area contributed by atoms with Gasteiger partial charge in [-0.1, -0.05) is 18.5 Å². The summed E-state index contributed by atoms with van der Waals surface area (Å²) in [6.07, 6.45) is 0.329. The average molecular weight is 496 g/mol. The highest BCUT2D eigenvalue weighted by Crippen LogP contribution is 2.20. The van der Waals surface area contributed by atoms with Crippen molar-refractivity contribution < 1.29 is 27.2 Å². The van der Waals surface area contributed by atoms with Crippen molar-refractivity contribution in [3.63, 3.8) is 0 Å². The number of amides is 3. The SMILES string of the molecule is CCC(=O)N1CCN(C(=O)[C@H](NC(=O)c2ccc(F)cc2)S(=O)(=O)c2ccc(Cl)cc2)CC1. The summed E-state index contributed by atoms with van der Waals surface area (Å²) in [5.41, 5.74) is -0.00105. The molecule has 0 aromatic heterocycles. The summed E-state index contributed by atoms with van der Waals surface area (Å²) in [5.74, 6) is -2.28. The normalized spacial score (nSPS) is 15.1. The molecule has 1 atom stereocenters. The Morgan fingerprint density at radius 2 is 1.52 bits per heavy atom. The fourth-order valence-corrected chi connectivity index (χ4v) is 4.99. The Balaban J connectivity index is 1.88. The van der Waals surface area contributed by atoms with Crippen molar-refractivity contribution in [2.45, 2.75) is 23.6 Å². The van der Waals surface area contributed by atoms with E-state index in [9.17, 15) is 27.2 Å². The van der Waals surface area contributed by atoms with Gasteiger partial charge in [-0.2, -0.15) is 0 Å². The molecule has 1 N–H and O–H groups in total. The Labute approximate surface area is 196 Å². The minimum absolute atomic E-state index is 0.00105. The quantitative estimate of drug-likeness (QED) is 0.661. The molecule has 0 unspecified atom stereocenters. The molecule has 1 fully saturated rings. The number of benzene rings is 2.